The van der Waals surface area contributed by atoms with Gasteiger partial charge in [-0.3, -0.25) is 0 Å². The molecule has 3 N–H and O–H groups in total. The van der Waals surface area contributed by atoms with E-state index in [9.17, 15) is 0 Å². The van der Waals surface area contributed by atoms with Crippen molar-refractivity contribution in [2.75, 3.05) is 12.3 Å². The van der Waals surface area contributed by atoms with E-state index in [1.165, 1.54) is 86.5 Å². The van der Waals surface area contributed by atoms with Gasteiger partial charge in [0.05, 0.1) is 0 Å². The standard InChI is InChI=1S/C18H27NS.C15H27N.C2H6.C2H2/c1-14-7-4-8-16(15(14)2)9-6-12-20-17-10-5-11-18(3,19)13-17;1-13(2)12-14(3)16-11-7-10-15-8-5-4-6-9-15;2*1-2/h4,6-9,17H,5,10-13,19H2,1-3H3;15-16H,1,3-12H2,2H3;1-2H3;1-2H/b9-6-;;;. The van der Waals surface area contributed by atoms with Crippen molar-refractivity contribution in [2.45, 2.75) is 129 Å². The molecule has 2 atom stereocenters. The van der Waals surface area contributed by atoms with Crippen molar-refractivity contribution in [1.82, 2.24) is 5.32 Å². The van der Waals surface area contributed by atoms with Gasteiger partial charge < -0.3 is 11.1 Å². The summed E-state index contributed by atoms with van der Waals surface area (Å²) in [6.07, 6.45) is 28.4. The highest BCUT2D eigenvalue weighted by Crippen LogP contribution is 2.33. The summed E-state index contributed by atoms with van der Waals surface area (Å²) in [6, 6.07) is 6.50. The fraction of sp³-hybridized carbons (Fsp3) is 0.622. The molecule has 0 heterocycles. The minimum Gasteiger partial charge on any atom is -0.389 e. The molecule has 40 heavy (non-hydrogen) atoms. The van der Waals surface area contributed by atoms with E-state index in [0.29, 0.717) is 0 Å². The highest BCUT2D eigenvalue weighted by Gasteiger charge is 2.28. The lowest BCUT2D eigenvalue weighted by Gasteiger charge is -2.34. The molecule has 2 aliphatic carbocycles. The second kappa shape index (κ2) is 22.8. The van der Waals surface area contributed by atoms with Crippen LogP contribution in [0.4, 0.5) is 0 Å². The number of hydrogen-bond acceptors (Lipinski definition) is 3. The summed E-state index contributed by atoms with van der Waals surface area (Å²) in [4.78, 5) is 0. The summed E-state index contributed by atoms with van der Waals surface area (Å²) in [5, 5.41) is 4.14. The molecule has 0 bridgehead atoms. The van der Waals surface area contributed by atoms with Crippen LogP contribution in [0.15, 0.2) is 48.7 Å². The Morgan fingerprint density at radius 1 is 1.10 bits per heavy atom. The number of aryl methyl sites for hydroxylation is 1. The molecule has 0 saturated heterocycles. The minimum atomic E-state index is 0.0623. The van der Waals surface area contributed by atoms with Crippen LogP contribution in [-0.4, -0.2) is 23.1 Å². The van der Waals surface area contributed by atoms with E-state index in [0.717, 1.165) is 42.0 Å². The number of rotatable bonds is 11. The molecule has 226 valence electrons. The van der Waals surface area contributed by atoms with Crippen molar-refractivity contribution in [3.63, 3.8) is 0 Å². The Balaban J connectivity index is 0.000000690. The van der Waals surface area contributed by atoms with Crippen molar-refractivity contribution in [3.8, 4) is 12.8 Å². The van der Waals surface area contributed by atoms with E-state index >= 15 is 0 Å². The van der Waals surface area contributed by atoms with E-state index in [1.54, 1.807) is 0 Å². The Labute approximate surface area is 254 Å². The molecule has 0 amide bonds. The van der Waals surface area contributed by atoms with Crippen molar-refractivity contribution in [2.24, 2.45) is 11.7 Å². The first kappa shape index (κ1) is 38.1. The predicted molar refractivity (Wildman–Crippen MR) is 186 cm³/mol. The van der Waals surface area contributed by atoms with Crippen LogP contribution >= 0.6 is 11.8 Å². The highest BCUT2D eigenvalue weighted by molar-refractivity contribution is 8.00. The van der Waals surface area contributed by atoms with E-state index in [1.807, 2.05) is 13.8 Å². The van der Waals surface area contributed by atoms with Crippen LogP contribution in [0.2, 0.25) is 0 Å². The van der Waals surface area contributed by atoms with Gasteiger partial charge in [-0.15, -0.1) is 12.8 Å². The van der Waals surface area contributed by atoms with Gasteiger partial charge in [-0.05, 0) is 82.4 Å². The van der Waals surface area contributed by atoms with Crippen LogP contribution in [0.3, 0.4) is 0 Å². The van der Waals surface area contributed by atoms with Gasteiger partial charge in [-0.1, -0.05) is 101 Å². The van der Waals surface area contributed by atoms with Gasteiger partial charge >= 0.3 is 0 Å². The zero-order chi connectivity index (χ0) is 30.4. The van der Waals surface area contributed by atoms with Gasteiger partial charge in [0.25, 0.3) is 0 Å². The number of hydrogen-bond donors (Lipinski definition) is 2. The Bertz CT molecular complexity index is 873. The quantitative estimate of drug-likeness (QED) is 0.159. The third-order valence-electron chi connectivity index (χ3n) is 7.74. The molecule has 2 fully saturated rings. The van der Waals surface area contributed by atoms with E-state index < -0.39 is 0 Å². The summed E-state index contributed by atoms with van der Waals surface area (Å²) >= 11 is 2.06. The second-order valence-corrected chi connectivity index (χ2v) is 13.0. The molecule has 1 aromatic rings. The molecule has 0 radical (unpaired) electrons. The fourth-order valence-electron chi connectivity index (χ4n) is 5.48. The van der Waals surface area contributed by atoms with Gasteiger partial charge in [0, 0.05) is 35.2 Å². The number of nitrogens with two attached hydrogens (primary N) is 1. The maximum absolute atomic E-state index is 6.27. The number of terminal acetylenes is 1. The maximum Gasteiger partial charge on any atom is 0.0143 e. The average molecular weight is 567 g/mol. The Hall–Kier alpha value is -1.89. The molecule has 2 aliphatic rings. The van der Waals surface area contributed by atoms with Crippen LogP contribution in [0.5, 0.6) is 0 Å². The number of benzene rings is 1. The number of thioether (sulfide) groups is 1. The Morgan fingerprint density at radius 3 is 2.40 bits per heavy atom. The summed E-state index contributed by atoms with van der Waals surface area (Å²) in [5.41, 5.74) is 12.7. The molecule has 0 aliphatic heterocycles. The van der Waals surface area contributed by atoms with Gasteiger partial charge in [0.15, 0.2) is 0 Å². The van der Waals surface area contributed by atoms with Crippen LogP contribution in [-0.2, 0) is 0 Å². The van der Waals surface area contributed by atoms with Crippen molar-refractivity contribution in [1.29, 1.82) is 0 Å². The van der Waals surface area contributed by atoms with Crippen LogP contribution in [0.25, 0.3) is 6.08 Å². The van der Waals surface area contributed by atoms with Gasteiger partial charge in [0.1, 0.15) is 0 Å². The molecule has 2 saturated carbocycles. The lowest BCUT2D eigenvalue weighted by Crippen LogP contribution is -2.42. The van der Waals surface area contributed by atoms with Gasteiger partial charge in [-0.2, -0.15) is 11.8 Å². The molecule has 2 unspecified atom stereocenters. The van der Waals surface area contributed by atoms with Crippen LogP contribution in [0, 0.1) is 32.6 Å². The summed E-state index contributed by atoms with van der Waals surface area (Å²) < 4.78 is 0. The lowest BCUT2D eigenvalue weighted by molar-refractivity contribution is 0.330. The monoisotopic (exact) mass is 566 g/mol. The molecular weight excluding hydrogens is 504 g/mol. The summed E-state index contributed by atoms with van der Waals surface area (Å²) in [5.74, 6) is 2.10. The molecular formula is C37H62N2S. The normalized spacial score (nSPS) is 20.6. The zero-order valence-corrected chi connectivity index (χ0v) is 27.8. The topological polar surface area (TPSA) is 38.0 Å². The van der Waals surface area contributed by atoms with E-state index in [4.69, 9.17) is 5.73 Å². The van der Waals surface area contributed by atoms with Crippen molar-refractivity contribution < 1.29 is 0 Å². The fourth-order valence-corrected chi connectivity index (χ4v) is 6.79. The van der Waals surface area contributed by atoms with Crippen LogP contribution < -0.4 is 11.1 Å². The van der Waals surface area contributed by atoms with Crippen molar-refractivity contribution in [3.05, 3.63) is 65.4 Å². The Kier molecular flexibility index (Phi) is 21.7. The molecule has 1 aromatic carbocycles. The first-order chi connectivity index (χ1) is 19.2. The second-order valence-electron chi connectivity index (χ2n) is 11.7. The largest absolute Gasteiger partial charge is 0.389 e. The molecule has 3 rings (SSSR count). The summed E-state index contributed by atoms with van der Waals surface area (Å²) in [7, 11) is 0. The zero-order valence-electron chi connectivity index (χ0n) is 27.0. The highest BCUT2D eigenvalue weighted by atomic mass is 32.2. The molecule has 0 aromatic heterocycles. The predicted octanol–water partition coefficient (Wildman–Crippen LogP) is 10.4. The van der Waals surface area contributed by atoms with Gasteiger partial charge in [0.2, 0.25) is 0 Å². The first-order valence-electron chi connectivity index (χ1n) is 15.7. The molecule has 2 nitrogen and oxygen atoms in total. The minimum absolute atomic E-state index is 0.0623. The average Bonchev–Trinajstić information content (AvgIpc) is 2.94. The smallest absolute Gasteiger partial charge is 0.0143 e. The third kappa shape index (κ3) is 17.7. The summed E-state index contributed by atoms with van der Waals surface area (Å²) in [6.45, 7) is 21.6. The molecule has 3 heteroatoms. The molecule has 0 spiro atoms. The Morgan fingerprint density at radius 2 is 1.77 bits per heavy atom. The lowest BCUT2D eigenvalue weighted by atomic mass is 9.84. The SMILES string of the molecule is C#C.C=C(C)CC(=C)NCCCC1CCCCC1.CC.Cc1cccc(/C=C\CSC2CCCC(C)(N)C2)c1C. The maximum atomic E-state index is 6.27. The van der Waals surface area contributed by atoms with Crippen LogP contribution in [0.1, 0.15) is 121 Å². The van der Waals surface area contributed by atoms with Gasteiger partial charge in [-0.25, -0.2) is 0 Å². The van der Waals surface area contributed by atoms with E-state index in [-0.39, 0.29) is 5.54 Å². The number of nitrogens with one attached hydrogen (secondary N) is 1. The van der Waals surface area contributed by atoms with Crippen molar-refractivity contribution >= 4 is 17.8 Å². The van der Waals surface area contributed by atoms with E-state index in [2.05, 4.69) is 101 Å². The first-order valence-corrected chi connectivity index (χ1v) is 16.7. The number of allylic oxidation sites excluding steroid dienone is 1. The third-order valence-corrected chi connectivity index (χ3v) is 9.00.